The molecule has 0 unspecified atom stereocenters. The van der Waals surface area contributed by atoms with Crippen molar-refractivity contribution < 1.29 is 13.2 Å². The molecule has 0 atom stereocenters. The van der Waals surface area contributed by atoms with Crippen LogP contribution in [0.4, 0.5) is 5.69 Å². The molecule has 0 bridgehead atoms. The van der Waals surface area contributed by atoms with Crippen LogP contribution in [-0.4, -0.2) is 45.4 Å². The lowest BCUT2D eigenvalue weighted by molar-refractivity contribution is 0.0951. The zero-order valence-corrected chi connectivity index (χ0v) is 20.2. The van der Waals surface area contributed by atoms with Gasteiger partial charge in [-0.15, -0.1) is 0 Å². The summed E-state index contributed by atoms with van der Waals surface area (Å²) in [5, 5.41) is 2.94. The lowest BCUT2D eigenvalue weighted by Crippen LogP contribution is -2.30. The molecule has 1 aliphatic rings. The number of aryl methyl sites for hydroxylation is 3. The number of benzene rings is 2. The molecule has 32 heavy (non-hydrogen) atoms. The first kappa shape index (κ1) is 24.3. The van der Waals surface area contributed by atoms with Gasteiger partial charge in [-0.1, -0.05) is 25.0 Å². The molecule has 1 aliphatic heterocycles. The molecule has 2 N–H and O–H groups in total. The van der Waals surface area contributed by atoms with Gasteiger partial charge in [-0.05, 0) is 101 Å². The van der Waals surface area contributed by atoms with Crippen LogP contribution >= 0.6 is 0 Å². The Bertz CT molecular complexity index is 1020. The normalized spacial score (nSPS) is 15.2. The summed E-state index contributed by atoms with van der Waals surface area (Å²) in [6, 6.07) is 10.4. The highest BCUT2D eigenvalue weighted by atomic mass is 32.2. The first-order valence-electron chi connectivity index (χ1n) is 11.5. The number of amides is 1. The van der Waals surface area contributed by atoms with E-state index in [1.807, 2.05) is 19.9 Å². The Morgan fingerprint density at radius 1 is 0.938 bits per heavy atom. The summed E-state index contributed by atoms with van der Waals surface area (Å²) < 4.78 is 28.7. The second-order valence-corrected chi connectivity index (χ2v) is 10.5. The molecule has 3 rings (SSSR count). The molecule has 0 aromatic heterocycles. The van der Waals surface area contributed by atoms with Gasteiger partial charge in [0.2, 0.25) is 0 Å². The first-order chi connectivity index (χ1) is 15.2. The predicted octanol–water partition coefficient (Wildman–Crippen LogP) is 4.41. The van der Waals surface area contributed by atoms with Crippen molar-refractivity contribution in [2.75, 3.05) is 30.9 Å². The monoisotopic (exact) mass is 457 g/mol. The van der Waals surface area contributed by atoms with Gasteiger partial charge in [0.25, 0.3) is 15.9 Å². The third-order valence-electron chi connectivity index (χ3n) is 5.85. The number of hydrogen-bond donors (Lipinski definition) is 2. The van der Waals surface area contributed by atoms with Gasteiger partial charge in [-0.3, -0.25) is 9.52 Å². The van der Waals surface area contributed by atoms with Crippen LogP contribution < -0.4 is 10.0 Å². The fraction of sp³-hybridized carbons (Fsp3) is 0.480. The Kier molecular flexibility index (Phi) is 8.32. The molecule has 1 fully saturated rings. The summed E-state index contributed by atoms with van der Waals surface area (Å²) in [6.45, 7) is 9.42. The van der Waals surface area contributed by atoms with Gasteiger partial charge in [0, 0.05) is 17.8 Å². The standard InChI is InChI=1S/C25H35N3O3S/c1-19-15-20(2)17-23(16-19)27-32(30,31)24-18-22(10-9-21(24)3)25(29)26-11-8-14-28-12-6-4-5-7-13-28/h9-10,15-18,27H,4-8,11-14H2,1-3H3,(H,26,29). The van der Waals surface area contributed by atoms with Crippen LogP contribution in [0.5, 0.6) is 0 Å². The van der Waals surface area contributed by atoms with Gasteiger partial charge in [-0.25, -0.2) is 8.42 Å². The maximum Gasteiger partial charge on any atom is 0.262 e. The summed E-state index contributed by atoms with van der Waals surface area (Å²) >= 11 is 0. The third-order valence-corrected chi connectivity index (χ3v) is 7.37. The molecule has 2 aromatic rings. The number of anilines is 1. The van der Waals surface area contributed by atoms with Gasteiger partial charge in [0.1, 0.15) is 0 Å². The molecule has 0 aliphatic carbocycles. The van der Waals surface area contributed by atoms with E-state index in [0.29, 0.717) is 23.4 Å². The van der Waals surface area contributed by atoms with Crippen LogP contribution in [0.3, 0.4) is 0 Å². The van der Waals surface area contributed by atoms with Crippen molar-refractivity contribution in [1.29, 1.82) is 0 Å². The number of likely N-dealkylation sites (tertiary alicyclic amines) is 1. The second-order valence-electron chi connectivity index (χ2n) is 8.83. The number of hydrogen-bond acceptors (Lipinski definition) is 4. The van der Waals surface area contributed by atoms with Gasteiger partial charge >= 0.3 is 0 Å². The fourth-order valence-electron chi connectivity index (χ4n) is 4.24. The number of carbonyl (C=O) groups excluding carboxylic acids is 1. The average molecular weight is 458 g/mol. The molecular formula is C25H35N3O3S. The Hall–Kier alpha value is -2.38. The van der Waals surface area contributed by atoms with E-state index in [2.05, 4.69) is 14.9 Å². The topological polar surface area (TPSA) is 78.5 Å². The van der Waals surface area contributed by atoms with Crippen molar-refractivity contribution in [3.05, 3.63) is 58.7 Å². The van der Waals surface area contributed by atoms with Gasteiger partial charge in [0.05, 0.1) is 4.90 Å². The maximum absolute atomic E-state index is 13.0. The predicted molar refractivity (Wildman–Crippen MR) is 130 cm³/mol. The van der Waals surface area contributed by atoms with E-state index in [1.165, 1.54) is 31.7 Å². The van der Waals surface area contributed by atoms with E-state index < -0.39 is 10.0 Å². The fourth-order valence-corrected chi connectivity index (χ4v) is 5.55. The van der Waals surface area contributed by atoms with Crippen LogP contribution in [0.1, 0.15) is 59.2 Å². The molecule has 6 nitrogen and oxygen atoms in total. The molecule has 1 amide bonds. The molecule has 0 spiro atoms. The lowest BCUT2D eigenvalue weighted by atomic mass is 10.1. The van der Waals surface area contributed by atoms with Crippen molar-refractivity contribution in [3.8, 4) is 0 Å². The summed E-state index contributed by atoms with van der Waals surface area (Å²) in [5.74, 6) is -0.247. The number of rotatable bonds is 8. The summed E-state index contributed by atoms with van der Waals surface area (Å²) in [6.07, 6.45) is 6.01. The van der Waals surface area contributed by atoms with Gasteiger partial charge < -0.3 is 10.2 Å². The van der Waals surface area contributed by atoms with Crippen LogP contribution in [-0.2, 0) is 10.0 Å². The van der Waals surface area contributed by atoms with E-state index in [1.54, 1.807) is 31.2 Å². The number of nitrogens with one attached hydrogen (secondary N) is 2. The maximum atomic E-state index is 13.0. The Labute approximate surface area is 192 Å². The van der Waals surface area contributed by atoms with E-state index in [4.69, 9.17) is 0 Å². The second kappa shape index (κ2) is 11.0. The summed E-state index contributed by atoms with van der Waals surface area (Å²) in [4.78, 5) is 15.2. The molecule has 174 valence electrons. The van der Waals surface area contributed by atoms with Crippen LogP contribution in [0.25, 0.3) is 0 Å². The number of nitrogens with zero attached hydrogens (tertiary/aromatic N) is 1. The lowest BCUT2D eigenvalue weighted by Gasteiger charge is -2.19. The van der Waals surface area contributed by atoms with Crippen molar-refractivity contribution in [2.24, 2.45) is 0 Å². The molecule has 7 heteroatoms. The zero-order valence-electron chi connectivity index (χ0n) is 19.4. The largest absolute Gasteiger partial charge is 0.352 e. The van der Waals surface area contributed by atoms with Crippen molar-refractivity contribution in [3.63, 3.8) is 0 Å². The van der Waals surface area contributed by atoms with Crippen LogP contribution in [0, 0.1) is 20.8 Å². The SMILES string of the molecule is Cc1cc(C)cc(NS(=O)(=O)c2cc(C(=O)NCCCN3CCCCCC3)ccc2C)c1. The van der Waals surface area contributed by atoms with E-state index in [-0.39, 0.29) is 10.8 Å². The minimum Gasteiger partial charge on any atom is -0.352 e. The Morgan fingerprint density at radius 2 is 1.59 bits per heavy atom. The minimum atomic E-state index is -3.81. The quantitative estimate of drug-likeness (QED) is 0.576. The minimum absolute atomic E-state index is 0.119. The molecule has 0 radical (unpaired) electrons. The summed E-state index contributed by atoms with van der Waals surface area (Å²) in [7, 11) is -3.81. The average Bonchev–Trinajstić information content (AvgIpc) is 2.99. The molecule has 2 aromatic carbocycles. The number of carbonyl (C=O) groups is 1. The third kappa shape index (κ3) is 6.81. The molecule has 1 heterocycles. The smallest absolute Gasteiger partial charge is 0.262 e. The molecule has 1 saturated heterocycles. The molecule has 0 saturated carbocycles. The highest BCUT2D eigenvalue weighted by Gasteiger charge is 2.20. The van der Waals surface area contributed by atoms with E-state index in [0.717, 1.165) is 37.2 Å². The summed E-state index contributed by atoms with van der Waals surface area (Å²) in [5.41, 5.74) is 3.43. The van der Waals surface area contributed by atoms with Crippen molar-refractivity contribution >= 4 is 21.6 Å². The zero-order chi connectivity index (χ0) is 23.1. The van der Waals surface area contributed by atoms with Gasteiger partial charge in [0.15, 0.2) is 0 Å². The van der Waals surface area contributed by atoms with Gasteiger partial charge in [-0.2, -0.15) is 0 Å². The van der Waals surface area contributed by atoms with E-state index >= 15 is 0 Å². The van der Waals surface area contributed by atoms with Crippen LogP contribution in [0.15, 0.2) is 41.3 Å². The van der Waals surface area contributed by atoms with E-state index in [9.17, 15) is 13.2 Å². The number of sulfonamides is 1. The Morgan fingerprint density at radius 3 is 2.25 bits per heavy atom. The van der Waals surface area contributed by atoms with Crippen molar-refractivity contribution in [1.82, 2.24) is 10.2 Å². The first-order valence-corrected chi connectivity index (χ1v) is 13.0. The highest BCUT2D eigenvalue weighted by Crippen LogP contribution is 2.22. The van der Waals surface area contributed by atoms with Crippen LogP contribution in [0.2, 0.25) is 0 Å². The highest BCUT2D eigenvalue weighted by molar-refractivity contribution is 7.92. The van der Waals surface area contributed by atoms with Crippen molar-refractivity contribution in [2.45, 2.75) is 57.8 Å². The Balaban J connectivity index is 1.63. The molecular weight excluding hydrogens is 422 g/mol.